The lowest BCUT2D eigenvalue weighted by Crippen LogP contribution is -2.38. The summed E-state index contributed by atoms with van der Waals surface area (Å²) < 4.78 is 10.7. The van der Waals surface area contributed by atoms with Crippen LogP contribution in [0.25, 0.3) is 0 Å². The number of imide groups is 1. The van der Waals surface area contributed by atoms with Gasteiger partial charge in [-0.1, -0.05) is 12.1 Å². The number of hydrogen-bond donors (Lipinski definition) is 2. The average Bonchev–Trinajstić information content (AvgIpc) is 2.59. The monoisotopic (exact) mass is 290 g/mol. The lowest BCUT2D eigenvalue weighted by atomic mass is 10.0. The molecular weight excluding hydrogens is 272 g/mol. The maximum atomic E-state index is 11.9. The maximum absolute atomic E-state index is 11.9. The molecule has 1 aromatic rings. The molecule has 1 aliphatic rings. The van der Waals surface area contributed by atoms with Crippen molar-refractivity contribution in [1.82, 2.24) is 10.6 Å². The van der Waals surface area contributed by atoms with Crippen molar-refractivity contribution in [3.63, 3.8) is 0 Å². The van der Waals surface area contributed by atoms with Crippen LogP contribution in [0.15, 0.2) is 35.6 Å². The number of nitrogens with one attached hydrogen (secondary N) is 2. The Hall–Kier alpha value is -2.50. The van der Waals surface area contributed by atoms with E-state index < -0.39 is 18.0 Å². The van der Waals surface area contributed by atoms with Gasteiger partial charge in [-0.15, -0.1) is 0 Å². The van der Waals surface area contributed by atoms with Crippen LogP contribution >= 0.6 is 0 Å². The normalized spacial score (nSPS) is 18.7. The van der Waals surface area contributed by atoms with Crippen LogP contribution in [-0.4, -0.2) is 25.7 Å². The van der Waals surface area contributed by atoms with E-state index in [-0.39, 0.29) is 0 Å². The van der Waals surface area contributed by atoms with E-state index in [2.05, 4.69) is 10.6 Å². The molecule has 1 unspecified atom stereocenters. The zero-order chi connectivity index (χ0) is 15.4. The topological polar surface area (TPSA) is 76.7 Å². The van der Waals surface area contributed by atoms with Gasteiger partial charge in [0, 0.05) is 0 Å². The van der Waals surface area contributed by atoms with Gasteiger partial charge in [0.1, 0.15) is 17.6 Å². The summed E-state index contributed by atoms with van der Waals surface area (Å²) in [5.74, 6) is 0.713. The van der Waals surface area contributed by atoms with Crippen LogP contribution in [0.4, 0.5) is 4.79 Å². The lowest BCUT2D eigenvalue weighted by molar-refractivity contribution is -0.116. The molecule has 2 N–H and O–H groups in total. The second-order valence-electron chi connectivity index (χ2n) is 4.56. The molecule has 0 bridgehead atoms. The molecule has 0 spiro atoms. The van der Waals surface area contributed by atoms with Gasteiger partial charge in [0.2, 0.25) is 0 Å². The summed E-state index contributed by atoms with van der Waals surface area (Å²) in [7, 11) is 1.58. The van der Waals surface area contributed by atoms with Crippen molar-refractivity contribution in [2.45, 2.75) is 19.9 Å². The highest BCUT2D eigenvalue weighted by Gasteiger charge is 2.29. The Balaban J connectivity index is 2.44. The zero-order valence-corrected chi connectivity index (χ0v) is 12.2. The lowest BCUT2D eigenvalue weighted by Gasteiger charge is -2.21. The molecule has 1 aliphatic heterocycles. The molecule has 0 saturated heterocycles. The van der Waals surface area contributed by atoms with Gasteiger partial charge in [-0.3, -0.25) is 10.1 Å². The van der Waals surface area contributed by atoms with E-state index in [1.807, 2.05) is 19.1 Å². The molecule has 3 amide bonds. The number of hydrogen-bond acceptors (Lipinski definition) is 4. The van der Waals surface area contributed by atoms with E-state index in [0.717, 1.165) is 5.56 Å². The first-order chi connectivity index (χ1) is 10.1. The van der Waals surface area contributed by atoms with Gasteiger partial charge >= 0.3 is 6.03 Å². The van der Waals surface area contributed by atoms with E-state index >= 15 is 0 Å². The first-order valence-electron chi connectivity index (χ1n) is 6.66. The Bertz CT molecular complexity index is 578. The van der Waals surface area contributed by atoms with Crippen molar-refractivity contribution >= 4 is 11.9 Å². The number of amides is 3. The number of ether oxygens (including phenoxy) is 2. The Morgan fingerprint density at radius 2 is 1.86 bits per heavy atom. The van der Waals surface area contributed by atoms with Crippen molar-refractivity contribution < 1.29 is 19.1 Å². The molecule has 0 aromatic heterocycles. The Kier molecular flexibility index (Phi) is 4.47. The smallest absolute Gasteiger partial charge is 0.322 e. The fourth-order valence-electron chi connectivity index (χ4n) is 2.14. The Labute approximate surface area is 123 Å². The van der Waals surface area contributed by atoms with Gasteiger partial charge < -0.3 is 14.8 Å². The third kappa shape index (κ3) is 3.16. The van der Waals surface area contributed by atoms with Gasteiger partial charge in [0.25, 0.3) is 5.91 Å². The predicted molar refractivity (Wildman–Crippen MR) is 76.7 cm³/mol. The van der Waals surface area contributed by atoms with Gasteiger partial charge in [-0.25, -0.2) is 4.79 Å². The fourth-order valence-corrected chi connectivity index (χ4v) is 2.14. The minimum absolute atomic E-state index is 0.385. The first-order valence-corrected chi connectivity index (χ1v) is 6.66. The molecular formula is C15H18N2O4. The molecule has 1 heterocycles. The van der Waals surface area contributed by atoms with Crippen molar-refractivity contribution in [2.24, 2.45) is 0 Å². The number of urea groups is 1. The van der Waals surface area contributed by atoms with E-state index in [0.29, 0.717) is 23.7 Å². The summed E-state index contributed by atoms with van der Waals surface area (Å²) in [4.78, 5) is 23.6. The van der Waals surface area contributed by atoms with Gasteiger partial charge in [-0.2, -0.15) is 0 Å². The number of rotatable bonds is 4. The van der Waals surface area contributed by atoms with Gasteiger partial charge in [0.15, 0.2) is 0 Å². The van der Waals surface area contributed by atoms with E-state index in [9.17, 15) is 9.59 Å². The molecule has 0 aliphatic carbocycles. The van der Waals surface area contributed by atoms with Gasteiger partial charge in [-0.05, 0) is 31.5 Å². The van der Waals surface area contributed by atoms with E-state index in [1.54, 1.807) is 26.2 Å². The number of carbonyl (C=O) groups is 2. The molecule has 6 heteroatoms. The van der Waals surface area contributed by atoms with Crippen LogP contribution in [-0.2, 0) is 9.53 Å². The summed E-state index contributed by atoms with van der Waals surface area (Å²) in [5, 5.41) is 4.98. The molecule has 1 aromatic carbocycles. The van der Waals surface area contributed by atoms with Crippen LogP contribution in [0.1, 0.15) is 25.5 Å². The van der Waals surface area contributed by atoms with Crippen LogP contribution in [0.5, 0.6) is 5.75 Å². The summed E-state index contributed by atoms with van der Waals surface area (Å²) in [5.41, 5.74) is 1.19. The molecule has 21 heavy (non-hydrogen) atoms. The number of carbonyl (C=O) groups excluding carboxylic acids is 2. The summed E-state index contributed by atoms with van der Waals surface area (Å²) in [6, 6.07) is 6.18. The van der Waals surface area contributed by atoms with Crippen molar-refractivity contribution in [3.05, 3.63) is 41.2 Å². The SMILES string of the molecule is CCOC1=C(C)C(=O)NC(=O)NC1c1ccc(OC)cc1. The molecule has 6 nitrogen and oxygen atoms in total. The first kappa shape index (κ1) is 14.9. The largest absolute Gasteiger partial charge is 0.497 e. The average molecular weight is 290 g/mol. The van der Waals surface area contributed by atoms with Crippen molar-refractivity contribution in [3.8, 4) is 5.75 Å². The van der Waals surface area contributed by atoms with Crippen LogP contribution in [0.3, 0.4) is 0 Å². The highest BCUT2D eigenvalue weighted by atomic mass is 16.5. The highest BCUT2D eigenvalue weighted by molar-refractivity contribution is 6.05. The standard InChI is InChI=1S/C15H18N2O4/c1-4-21-13-9(2)14(18)17-15(19)16-12(13)10-5-7-11(20-3)8-6-10/h5-8,12H,4H2,1-3H3,(H2,16,17,18,19). The van der Waals surface area contributed by atoms with Gasteiger partial charge in [0.05, 0.1) is 19.3 Å². The Morgan fingerprint density at radius 1 is 1.19 bits per heavy atom. The second kappa shape index (κ2) is 6.30. The predicted octanol–water partition coefficient (Wildman–Crippen LogP) is 1.89. The van der Waals surface area contributed by atoms with Crippen molar-refractivity contribution in [1.29, 1.82) is 0 Å². The Morgan fingerprint density at radius 3 is 2.43 bits per heavy atom. The fraction of sp³-hybridized carbons (Fsp3) is 0.333. The van der Waals surface area contributed by atoms with Crippen LogP contribution < -0.4 is 15.4 Å². The molecule has 112 valence electrons. The molecule has 0 radical (unpaired) electrons. The summed E-state index contributed by atoms with van der Waals surface area (Å²) in [6.45, 7) is 3.87. The van der Waals surface area contributed by atoms with E-state index in [1.165, 1.54) is 0 Å². The minimum Gasteiger partial charge on any atom is -0.497 e. The zero-order valence-electron chi connectivity index (χ0n) is 12.2. The van der Waals surface area contributed by atoms with Crippen molar-refractivity contribution in [2.75, 3.05) is 13.7 Å². The maximum Gasteiger partial charge on any atom is 0.322 e. The summed E-state index contributed by atoms with van der Waals surface area (Å²) in [6.07, 6.45) is 0. The minimum atomic E-state index is -0.546. The molecule has 0 fully saturated rings. The molecule has 0 saturated carbocycles. The second-order valence-corrected chi connectivity index (χ2v) is 4.56. The van der Waals surface area contributed by atoms with Crippen LogP contribution in [0, 0.1) is 0 Å². The number of methoxy groups -OCH3 is 1. The van der Waals surface area contributed by atoms with Crippen LogP contribution in [0.2, 0.25) is 0 Å². The number of benzene rings is 1. The highest BCUT2D eigenvalue weighted by Crippen LogP contribution is 2.28. The molecule has 1 atom stereocenters. The third-order valence-electron chi connectivity index (χ3n) is 3.22. The third-order valence-corrected chi connectivity index (χ3v) is 3.22. The summed E-state index contributed by atoms with van der Waals surface area (Å²) >= 11 is 0. The van der Waals surface area contributed by atoms with E-state index in [4.69, 9.17) is 9.47 Å². The molecule has 2 rings (SSSR count). The quantitative estimate of drug-likeness (QED) is 0.887.